The fourth-order valence-electron chi connectivity index (χ4n) is 3.31. The number of amides is 2. The van der Waals surface area contributed by atoms with Crippen LogP contribution in [0.5, 0.6) is 5.75 Å². The predicted molar refractivity (Wildman–Crippen MR) is 117 cm³/mol. The van der Waals surface area contributed by atoms with E-state index in [1.165, 1.54) is 11.3 Å². The molecule has 0 aliphatic heterocycles. The summed E-state index contributed by atoms with van der Waals surface area (Å²) in [5.41, 5.74) is 8.78. The molecule has 0 atom stereocenters. The number of ether oxygens (including phenoxy) is 1. The van der Waals surface area contributed by atoms with E-state index in [0.717, 1.165) is 29.1 Å². The molecular weight excluding hydrogens is 364 g/mol. The van der Waals surface area contributed by atoms with Gasteiger partial charge in [-0.25, -0.2) is 10.2 Å². The smallest absolute Gasteiger partial charge is 0.339 e. The van der Waals surface area contributed by atoms with Crippen LogP contribution in [-0.4, -0.2) is 23.9 Å². The second-order valence-electron chi connectivity index (χ2n) is 6.70. The van der Waals surface area contributed by atoms with Gasteiger partial charge in [0.1, 0.15) is 5.75 Å². The van der Waals surface area contributed by atoms with Crippen LogP contribution in [0.25, 0.3) is 5.69 Å². The quantitative estimate of drug-likeness (QED) is 0.468. The highest BCUT2D eigenvalue weighted by molar-refractivity contribution is 5.90. The SMILES string of the molecule is CCc1ccccc1-n1c(C)cc(/C=N/NC(=O)Nc2ccc(OC)cc2)c1C. The van der Waals surface area contributed by atoms with Gasteiger partial charge in [0.25, 0.3) is 0 Å². The lowest BCUT2D eigenvalue weighted by Gasteiger charge is -2.13. The number of carbonyl (C=O) groups is 1. The first-order valence-electron chi connectivity index (χ1n) is 9.54. The molecule has 0 aliphatic rings. The van der Waals surface area contributed by atoms with Crippen molar-refractivity contribution in [3.05, 3.63) is 77.1 Å². The highest BCUT2D eigenvalue weighted by Crippen LogP contribution is 2.23. The first-order valence-corrected chi connectivity index (χ1v) is 9.54. The third kappa shape index (κ3) is 4.66. The maximum atomic E-state index is 12.0. The van der Waals surface area contributed by atoms with Crippen LogP contribution in [0, 0.1) is 13.8 Å². The molecule has 0 spiro atoms. The van der Waals surface area contributed by atoms with Gasteiger partial charge in [-0.15, -0.1) is 0 Å². The van der Waals surface area contributed by atoms with Crippen LogP contribution in [0.3, 0.4) is 0 Å². The summed E-state index contributed by atoms with van der Waals surface area (Å²) in [4.78, 5) is 12.0. The first-order chi connectivity index (χ1) is 14.0. The molecule has 0 fully saturated rings. The number of nitrogens with zero attached hydrogens (tertiary/aromatic N) is 2. The Morgan fingerprint density at radius 2 is 1.86 bits per heavy atom. The molecule has 150 valence electrons. The number of anilines is 1. The second kappa shape index (κ2) is 9.10. The standard InChI is InChI=1S/C23H26N4O2/c1-5-18-8-6-7-9-22(18)27-16(2)14-19(17(27)3)15-24-26-23(28)25-20-10-12-21(29-4)13-11-20/h6-15H,5H2,1-4H3,(H2,25,26,28)/b24-15+. The molecule has 0 saturated heterocycles. The van der Waals surface area contributed by atoms with E-state index in [0.29, 0.717) is 5.69 Å². The van der Waals surface area contributed by atoms with Crippen molar-refractivity contribution in [2.45, 2.75) is 27.2 Å². The Bertz CT molecular complexity index is 1020. The van der Waals surface area contributed by atoms with Gasteiger partial charge >= 0.3 is 6.03 Å². The van der Waals surface area contributed by atoms with E-state index < -0.39 is 6.03 Å². The molecule has 1 aromatic heterocycles. The predicted octanol–water partition coefficient (Wildman–Crippen LogP) is 4.82. The molecule has 3 rings (SSSR count). The molecule has 0 radical (unpaired) electrons. The number of hydrogen-bond acceptors (Lipinski definition) is 3. The number of aryl methyl sites for hydroxylation is 2. The van der Waals surface area contributed by atoms with E-state index in [-0.39, 0.29) is 0 Å². The van der Waals surface area contributed by atoms with Crippen LogP contribution in [0.15, 0.2) is 59.7 Å². The minimum absolute atomic E-state index is 0.406. The van der Waals surface area contributed by atoms with E-state index in [4.69, 9.17) is 4.74 Å². The normalized spacial score (nSPS) is 10.9. The number of aromatic nitrogens is 1. The molecule has 0 unspecified atom stereocenters. The molecule has 3 aromatic rings. The van der Waals surface area contributed by atoms with E-state index in [2.05, 4.69) is 65.4 Å². The zero-order valence-corrected chi connectivity index (χ0v) is 17.2. The number of para-hydroxylation sites is 1. The summed E-state index contributed by atoms with van der Waals surface area (Å²) in [7, 11) is 1.60. The average molecular weight is 390 g/mol. The van der Waals surface area contributed by atoms with Crippen molar-refractivity contribution >= 4 is 17.9 Å². The third-order valence-corrected chi connectivity index (χ3v) is 4.80. The van der Waals surface area contributed by atoms with E-state index >= 15 is 0 Å². The Hall–Kier alpha value is -3.54. The molecule has 2 amide bonds. The first kappa shape index (κ1) is 20.2. The van der Waals surface area contributed by atoms with Crippen LogP contribution in [0.4, 0.5) is 10.5 Å². The number of nitrogens with one attached hydrogen (secondary N) is 2. The average Bonchev–Trinajstić information content (AvgIpc) is 3.01. The van der Waals surface area contributed by atoms with Gasteiger partial charge in [-0.3, -0.25) is 0 Å². The number of carbonyl (C=O) groups excluding carboxylic acids is 1. The molecule has 0 saturated carbocycles. The van der Waals surface area contributed by atoms with E-state index in [1.807, 2.05) is 6.07 Å². The lowest BCUT2D eigenvalue weighted by Crippen LogP contribution is -2.24. The van der Waals surface area contributed by atoms with Gasteiger partial charge in [0.15, 0.2) is 0 Å². The molecule has 6 heteroatoms. The number of benzene rings is 2. The highest BCUT2D eigenvalue weighted by Gasteiger charge is 2.11. The Balaban J connectivity index is 1.70. The topological polar surface area (TPSA) is 67.7 Å². The van der Waals surface area contributed by atoms with Crippen molar-refractivity contribution in [3.63, 3.8) is 0 Å². The van der Waals surface area contributed by atoms with Gasteiger partial charge in [0.2, 0.25) is 0 Å². The Kier molecular flexibility index (Phi) is 6.34. The maximum absolute atomic E-state index is 12.0. The van der Waals surface area contributed by atoms with Crippen LogP contribution in [0.2, 0.25) is 0 Å². The van der Waals surface area contributed by atoms with Crippen LogP contribution in [0.1, 0.15) is 29.4 Å². The van der Waals surface area contributed by atoms with Crippen LogP contribution >= 0.6 is 0 Å². The summed E-state index contributed by atoms with van der Waals surface area (Å²) in [6, 6.07) is 17.1. The Morgan fingerprint density at radius 3 is 2.55 bits per heavy atom. The van der Waals surface area contributed by atoms with Crippen molar-refractivity contribution < 1.29 is 9.53 Å². The number of hydrazone groups is 1. The van der Waals surface area contributed by atoms with Crippen molar-refractivity contribution in [1.29, 1.82) is 0 Å². The van der Waals surface area contributed by atoms with Gasteiger partial charge in [-0.2, -0.15) is 5.10 Å². The number of methoxy groups -OCH3 is 1. The zero-order chi connectivity index (χ0) is 20.8. The fraction of sp³-hybridized carbons (Fsp3) is 0.217. The number of urea groups is 1. The highest BCUT2D eigenvalue weighted by atomic mass is 16.5. The largest absolute Gasteiger partial charge is 0.497 e. The number of rotatable bonds is 6. The van der Waals surface area contributed by atoms with E-state index in [9.17, 15) is 4.79 Å². The van der Waals surface area contributed by atoms with Crippen LogP contribution in [-0.2, 0) is 6.42 Å². The van der Waals surface area contributed by atoms with Gasteiger partial charge < -0.3 is 14.6 Å². The number of hydrogen-bond donors (Lipinski definition) is 2. The van der Waals surface area contributed by atoms with E-state index in [1.54, 1.807) is 37.6 Å². The summed E-state index contributed by atoms with van der Waals surface area (Å²) in [6.45, 7) is 6.28. The lowest BCUT2D eigenvalue weighted by atomic mass is 10.1. The third-order valence-electron chi connectivity index (χ3n) is 4.80. The minimum atomic E-state index is -0.406. The fourth-order valence-corrected chi connectivity index (χ4v) is 3.31. The Morgan fingerprint density at radius 1 is 1.14 bits per heavy atom. The molecule has 2 N–H and O–H groups in total. The molecule has 6 nitrogen and oxygen atoms in total. The Labute approximate surface area is 171 Å². The van der Waals surface area contributed by atoms with Gasteiger partial charge in [-0.1, -0.05) is 25.1 Å². The van der Waals surface area contributed by atoms with Crippen molar-refractivity contribution in [2.24, 2.45) is 5.10 Å². The molecule has 2 aromatic carbocycles. The minimum Gasteiger partial charge on any atom is -0.497 e. The molecular formula is C23H26N4O2. The lowest BCUT2D eigenvalue weighted by molar-refractivity contribution is 0.252. The summed E-state index contributed by atoms with van der Waals surface area (Å²) in [5.74, 6) is 0.731. The second-order valence-corrected chi connectivity index (χ2v) is 6.70. The summed E-state index contributed by atoms with van der Waals surface area (Å²) in [5, 5.41) is 6.82. The summed E-state index contributed by atoms with van der Waals surface area (Å²) in [6.07, 6.45) is 2.63. The monoisotopic (exact) mass is 390 g/mol. The van der Waals surface area contributed by atoms with Crippen molar-refractivity contribution in [2.75, 3.05) is 12.4 Å². The van der Waals surface area contributed by atoms with Gasteiger partial charge in [0.05, 0.1) is 13.3 Å². The summed E-state index contributed by atoms with van der Waals surface area (Å²) < 4.78 is 7.32. The van der Waals surface area contributed by atoms with Crippen LogP contribution < -0.4 is 15.5 Å². The molecule has 29 heavy (non-hydrogen) atoms. The molecule has 0 bridgehead atoms. The maximum Gasteiger partial charge on any atom is 0.339 e. The molecule has 0 aliphatic carbocycles. The molecule has 1 heterocycles. The van der Waals surface area contributed by atoms with Gasteiger partial charge in [-0.05, 0) is 62.2 Å². The van der Waals surface area contributed by atoms with Crippen molar-refractivity contribution in [3.8, 4) is 11.4 Å². The van der Waals surface area contributed by atoms with Gasteiger partial charge in [0, 0.05) is 28.3 Å². The zero-order valence-electron chi connectivity index (χ0n) is 17.2. The van der Waals surface area contributed by atoms with Crippen molar-refractivity contribution in [1.82, 2.24) is 9.99 Å². The summed E-state index contributed by atoms with van der Waals surface area (Å²) >= 11 is 0.